The van der Waals surface area contributed by atoms with Gasteiger partial charge in [-0.25, -0.2) is 9.59 Å². The number of nitrogens with two attached hydrogens (primary N) is 10. The van der Waals surface area contributed by atoms with Crippen LogP contribution in [0.3, 0.4) is 0 Å². The fourth-order valence-electron chi connectivity index (χ4n) is 9.63. The van der Waals surface area contributed by atoms with Crippen LogP contribution in [-0.2, 0) is 44.8 Å². The number of rotatable bonds is 45. The maximum absolute atomic E-state index is 14.8. The van der Waals surface area contributed by atoms with Crippen LogP contribution in [0.5, 0.6) is 5.75 Å². The molecule has 2 aromatic carbocycles. The molecule has 0 aromatic heterocycles. The summed E-state index contributed by atoms with van der Waals surface area (Å²) >= 11 is 0. The van der Waals surface area contributed by atoms with Crippen molar-refractivity contribution in [2.45, 2.75) is 89.6 Å². The summed E-state index contributed by atoms with van der Waals surface area (Å²) in [5.41, 5.74) is 55.2. The van der Waals surface area contributed by atoms with Gasteiger partial charge < -0.3 is 108 Å². The molecule has 25 N–H and O–H groups in total. The lowest BCUT2D eigenvalue weighted by Gasteiger charge is -2.31. The van der Waals surface area contributed by atoms with Gasteiger partial charge in [-0.1, -0.05) is 37.1 Å². The summed E-state index contributed by atoms with van der Waals surface area (Å²) in [6.07, 6.45) is 4.61. The number of hydrogen-bond acceptors (Lipinski definition) is 18. The molecule has 0 aliphatic carbocycles. The number of nitrogens with one attached hydrogen (secondary N) is 3. The van der Waals surface area contributed by atoms with Crippen molar-refractivity contribution in [1.82, 2.24) is 35.6 Å². The van der Waals surface area contributed by atoms with Crippen LogP contribution in [0.4, 0.5) is 5.69 Å². The van der Waals surface area contributed by atoms with Crippen LogP contribution >= 0.6 is 0 Å². The van der Waals surface area contributed by atoms with Gasteiger partial charge in [-0.2, -0.15) is 0 Å². The van der Waals surface area contributed by atoms with E-state index in [0.29, 0.717) is 18.7 Å². The number of primary amides is 1. The Bertz CT molecular complexity index is 3050. The summed E-state index contributed by atoms with van der Waals surface area (Å²) in [5.74, 6) is -7.63. The second kappa shape index (κ2) is 41.1. The van der Waals surface area contributed by atoms with Crippen molar-refractivity contribution < 1.29 is 58.2 Å². The van der Waals surface area contributed by atoms with E-state index in [4.69, 9.17) is 62.1 Å². The second-order valence-corrected chi connectivity index (χ2v) is 21.5. The van der Waals surface area contributed by atoms with Gasteiger partial charge in [0.25, 0.3) is 5.69 Å². The summed E-state index contributed by atoms with van der Waals surface area (Å²) in [6, 6.07) is 9.57. The number of dihydropyridines is 1. The van der Waals surface area contributed by atoms with E-state index in [0.717, 1.165) is 41.5 Å². The number of benzene rings is 2. The smallest absolute Gasteiger partial charge is 0.338 e. The lowest BCUT2D eigenvalue weighted by atomic mass is 9.84. The number of carbonyl (C=O) groups excluding carboxylic acids is 6. The molecule has 1 unspecified atom stereocenters. The third-order valence-corrected chi connectivity index (χ3v) is 14.2. The van der Waals surface area contributed by atoms with Gasteiger partial charge in [0.2, 0.25) is 35.4 Å². The van der Waals surface area contributed by atoms with Gasteiger partial charge in [-0.05, 0) is 101 Å². The maximum Gasteiger partial charge on any atom is 0.338 e. The highest BCUT2D eigenvalue weighted by molar-refractivity contribution is 6.14. The lowest BCUT2D eigenvalue weighted by Crippen LogP contribution is -2.53. The van der Waals surface area contributed by atoms with Crippen molar-refractivity contribution in [3.05, 3.63) is 86.6 Å². The molecule has 0 spiro atoms. The third-order valence-electron chi connectivity index (χ3n) is 14.2. The summed E-state index contributed by atoms with van der Waals surface area (Å²) in [5, 5.41) is 41.1. The van der Waals surface area contributed by atoms with E-state index in [9.17, 15) is 58.7 Å². The van der Waals surface area contributed by atoms with Gasteiger partial charge in [0.1, 0.15) is 18.4 Å². The number of nitro groups is 1. The van der Waals surface area contributed by atoms with Gasteiger partial charge in [-0.3, -0.25) is 58.9 Å². The molecule has 6 amide bonds. The zero-order chi connectivity index (χ0) is 69.0. The van der Waals surface area contributed by atoms with E-state index in [1.165, 1.54) is 34.9 Å². The maximum atomic E-state index is 14.8. The molecule has 0 saturated carbocycles. The number of hydrogen-bond donors (Lipinski definition) is 15. The molecule has 0 bridgehead atoms. The first-order valence-corrected chi connectivity index (χ1v) is 30.2. The zero-order valence-corrected chi connectivity index (χ0v) is 52.5. The van der Waals surface area contributed by atoms with Crippen LogP contribution in [0, 0.1) is 10.1 Å². The Morgan fingerprint density at radius 2 is 1.14 bits per heavy atom. The molecule has 0 saturated heterocycles. The van der Waals surface area contributed by atoms with Crippen molar-refractivity contribution in [2.24, 2.45) is 77.3 Å². The molecule has 512 valence electrons. The Morgan fingerprint density at radius 3 is 1.63 bits per heavy atom. The molecule has 0 radical (unpaired) electrons. The van der Waals surface area contributed by atoms with E-state index in [1.807, 2.05) is 0 Å². The van der Waals surface area contributed by atoms with Crippen molar-refractivity contribution in [1.29, 1.82) is 0 Å². The number of nitro benzene ring substituents is 1. The third kappa shape index (κ3) is 29.0. The molecular formula is C58H92N22O13. The fourth-order valence-corrected chi connectivity index (χ4v) is 9.63. The highest BCUT2D eigenvalue weighted by Crippen LogP contribution is 2.37. The van der Waals surface area contributed by atoms with Gasteiger partial charge in [0, 0.05) is 69.2 Å². The number of carboxylic acids is 2. The van der Waals surface area contributed by atoms with Gasteiger partial charge in [0.05, 0.1) is 61.4 Å². The molecule has 35 nitrogen and oxygen atoms in total. The Kier molecular flexibility index (Phi) is 34.0. The second-order valence-electron chi connectivity index (χ2n) is 21.5. The number of amides is 6. The van der Waals surface area contributed by atoms with Crippen molar-refractivity contribution in [3.8, 4) is 5.75 Å². The molecule has 93 heavy (non-hydrogen) atoms. The Balaban J connectivity index is 2.02. The van der Waals surface area contributed by atoms with Crippen molar-refractivity contribution in [2.75, 3.05) is 105 Å². The van der Waals surface area contributed by atoms with E-state index >= 15 is 0 Å². The number of guanidine groups is 4. The quantitative estimate of drug-likeness (QED) is 0.00994. The predicted octanol–water partition coefficient (Wildman–Crippen LogP) is -3.79. The molecule has 0 fully saturated rings. The topological polar surface area (TPSA) is 588 Å². The van der Waals surface area contributed by atoms with Gasteiger partial charge >= 0.3 is 11.9 Å². The predicted molar refractivity (Wildman–Crippen MR) is 349 cm³/mol. The number of allylic oxidation sites excluding steroid dienone is 1. The average molecular weight is 1310 g/mol. The van der Waals surface area contributed by atoms with Crippen LogP contribution < -0.4 is 78.0 Å². The summed E-state index contributed by atoms with van der Waals surface area (Å²) in [4.78, 5) is 141. The average Bonchev–Trinajstić information content (AvgIpc) is 0.775. The number of non-ortho nitro benzene ring substituents is 1. The number of unbranched alkanes of at least 4 members (excludes halogenated alkanes) is 3. The first-order valence-electron chi connectivity index (χ1n) is 30.2. The van der Waals surface area contributed by atoms with Crippen LogP contribution in [-0.4, -0.2) is 223 Å². The SMILES string of the molecule is CC1NC(CCc2ccc(OCCN(CC(=O)N(CCCN=C(N)N)CC(=O)N[C@H](CCCN=C(N)N)C(N)=O)C(=O)CN(CCCN=C(N)N)C(=O)CN(CCCN=C(N)N)C(=O)CNCCCCCCN)cc2)=C(C(=O)O)C(c2cccc([N+](=O)[O-])c2)=C1C(=O)O. The molecule has 2 atom stereocenters. The first-order chi connectivity index (χ1) is 44.2. The monoisotopic (exact) mass is 1300 g/mol. The molecule has 3 rings (SSSR count). The standard InChI is InChI=1S/C58H92N22O13/c1-37-49(53(87)88)50(39-11-6-12-40(31-39)80(91)92)51(54(89)90)42(74-37)19-16-38-14-17-41(18-15-38)93-30-29-79(36-46(83)76(26-8-23-71-56(63)64)33-44(81)75-43(52(60)86)13-7-22-70-55(61)62)48(85)35-78(28-10-25-73-58(67)68)47(84)34-77(27-9-24-72-57(65)66)45(82)32-69-21-5-3-2-4-20-59/h6,11-12,14-15,17-18,31,37,43,69,74H,2-5,7-10,13,16,19-30,32-36,59H2,1H3,(H2,60,86)(H,75,81)(H,87,88)(H,89,90)(H4,61,62,70)(H4,63,64,71)(H4,65,66,72)(H4,67,68,73)/t37?,43-/m1/s1. The van der Waals surface area contributed by atoms with Crippen LogP contribution in [0.2, 0.25) is 0 Å². The highest BCUT2D eigenvalue weighted by atomic mass is 16.6. The van der Waals surface area contributed by atoms with E-state index < -0.39 is 90.6 Å². The molecular weight excluding hydrogens is 1210 g/mol. The Morgan fingerprint density at radius 1 is 0.634 bits per heavy atom. The molecule has 1 aliphatic heterocycles. The first kappa shape index (κ1) is 76.9. The number of aliphatic imine (C=N–C) groups is 4. The number of carboxylic acid groups (broad SMARTS) is 2. The normalized spacial score (nSPS) is 12.9. The largest absolute Gasteiger partial charge is 0.492 e. The van der Waals surface area contributed by atoms with Crippen molar-refractivity contribution >= 4 is 82.5 Å². The van der Waals surface area contributed by atoms with E-state index in [2.05, 4.69) is 35.9 Å². The minimum Gasteiger partial charge on any atom is -0.492 e. The Labute approximate surface area is 538 Å². The number of carbonyl (C=O) groups is 8. The minimum atomic E-state index is -1.46. The highest BCUT2D eigenvalue weighted by Gasteiger charge is 2.35. The van der Waals surface area contributed by atoms with Crippen LogP contribution in [0.15, 0.2) is 85.3 Å². The van der Waals surface area contributed by atoms with Gasteiger partial charge in [0.15, 0.2) is 23.8 Å². The molecule has 1 aliphatic rings. The molecule has 2 aromatic rings. The molecule has 35 heteroatoms. The zero-order valence-electron chi connectivity index (χ0n) is 52.5. The minimum absolute atomic E-state index is 0.0275. The van der Waals surface area contributed by atoms with E-state index in [-0.39, 0.29) is 174 Å². The number of nitrogens with zero attached hydrogens (tertiary/aromatic N) is 9. The summed E-state index contributed by atoms with van der Waals surface area (Å²) < 4.78 is 6.11. The Hall–Kier alpha value is -10.3. The van der Waals surface area contributed by atoms with Crippen LogP contribution in [0.25, 0.3) is 5.57 Å². The molecule has 1 heterocycles. The number of aryl methyl sites for hydroxylation is 1. The van der Waals surface area contributed by atoms with Crippen LogP contribution in [0.1, 0.15) is 82.3 Å². The lowest BCUT2D eigenvalue weighted by molar-refractivity contribution is -0.384. The van der Waals surface area contributed by atoms with Gasteiger partial charge in [-0.15, -0.1) is 0 Å². The summed E-state index contributed by atoms with van der Waals surface area (Å²) in [6.45, 7) is -0.308. The number of ether oxygens (including phenoxy) is 1. The van der Waals surface area contributed by atoms with Crippen molar-refractivity contribution in [3.63, 3.8) is 0 Å². The summed E-state index contributed by atoms with van der Waals surface area (Å²) in [7, 11) is 0. The van der Waals surface area contributed by atoms with E-state index in [1.54, 1.807) is 24.3 Å². The fraction of sp³-hybridized carbons (Fsp3) is 0.517. The number of aliphatic carboxylic acids is 2.